The third kappa shape index (κ3) is 2.52. The summed E-state index contributed by atoms with van der Waals surface area (Å²) in [5.74, 6) is -0.733. The van der Waals surface area contributed by atoms with Crippen LogP contribution in [0.4, 0.5) is 0 Å². The number of aliphatic carboxylic acids is 1. The van der Waals surface area contributed by atoms with Crippen LogP contribution in [0.2, 0.25) is 0 Å². The molecule has 2 N–H and O–H groups in total. The van der Waals surface area contributed by atoms with Crippen LogP contribution >= 0.6 is 15.9 Å². The van der Waals surface area contributed by atoms with Crippen molar-refractivity contribution in [2.75, 3.05) is 0 Å². The number of carboxylic acids is 1. The first-order valence-electron chi connectivity index (χ1n) is 5.57. The summed E-state index contributed by atoms with van der Waals surface area (Å²) in [6, 6.07) is 6.07. The topological polar surface area (TPSA) is 53.1 Å². The number of benzene rings is 1. The lowest BCUT2D eigenvalue weighted by Crippen LogP contribution is -1.96. The van der Waals surface area contributed by atoms with E-state index in [9.17, 15) is 4.79 Å². The van der Waals surface area contributed by atoms with Crippen LogP contribution in [-0.4, -0.2) is 16.1 Å². The molecule has 0 spiro atoms. The predicted octanol–water partition coefficient (Wildman–Crippen LogP) is 3.65. The summed E-state index contributed by atoms with van der Waals surface area (Å²) in [5.41, 5.74) is 3.44. The van der Waals surface area contributed by atoms with Gasteiger partial charge in [-0.15, -0.1) is 0 Å². The number of halogens is 1. The number of hydrogen-bond donors (Lipinski definition) is 2. The lowest BCUT2D eigenvalue weighted by molar-refractivity contribution is -0.137. The van der Waals surface area contributed by atoms with Gasteiger partial charge in [0.15, 0.2) is 0 Å². The number of para-hydroxylation sites is 1. The number of carbonyl (C=O) groups is 1. The maximum Gasteiger partial charge on any atom is 0.303 e. The molecule has 1 aromatic carbocycles. The van der Waals surface area contributed by atoms with E-state index in [1.54, 1.807) is 0 Å². The van der Waals surface area contributed by atoms with Crippen LogP contribution in [0.25, 0.3) is 10.9 Å². The summed E-state index contributed by atoms with van der Waals surface area (Å²) in [6.45, 7) is 2.03. The Morgan fingerprint density at radius 2 is 2.24 bits per heavy atom. The lowest BCUT2D eigenvalue weighted by Gasteiger charge is -2.00. The number of aromatic amines is 1. The zero-order chi connectivity index (χ0) is 12.4. The Morgan fingerprint density at radius 3 is 2.94 bits per heavy atom. The van der Waals surface area contributed by atoms with E-state index >= 15 is 0 Å². The second-order valence-electron chi connectivity index (χ2n) is 4.14. The number of hydrogen-bond acceptors (Lipinski definition) is 1. The molecule has 2 aromatic rings. The normalized spacial score (nSPS) is 10.9. The molecule has 0 atom stereocenters. The van der Waals surface area contributed by atoms with Gasteiger partial charge in [0, 0.05) is 22.0 Å². The molecule has 0 aliphatic carbocycles. The third-order valence-electron chi connectivity index (χ3n) is 2.92. The van der Waals surface area contributed by atoms with Gasteiger partial charge >= 0.3 is 5.97 Å². The molecule has 3 nitrogen and oxygen atoms in total. The van der Waals surface area contributed by atoms with Gasteiger partial charge in [0.05, 0.1) is 5.52 Å². The van der Waals surface area contributed by atoms with Crippen LogP contribution in [0.5, 0.6) is 0 Å². The molecule has 0 aliphatic heterocycles. The van der Waals surface area contributed by atoms with Crippen LogP contribution in [-0.2, 0) is 11.2 Å². The molecule has 0 fully saturated rings. The van der Waals surface area contributed by atoms with Crippen molar-refractivity contribution in [1.29, 1.82) is 0 Å². The molecule has 2 rings (SSSR count). The van der Waals surface area contributed by atoms with Gasteiger partial charge in [-0.25, -0.2) is 0 Å². The fraction of sp³-hybridized carbons (Fsp3) is 0.308. The minimum Gasteiger partial charge on any atom is -0.481 e. The highest BCUT2D eigenvalue weighted by atomic mass is 79.9. The highest BCUT2D eigenvalue weighted by molar-refractivity contribution is 9.10. The van der Waals surface area contributed by atoms with Crippen molar-refractivity contribution in [2.45, 2.75) is 26.2 Å². The molecule has 0 radical (unpaired) electrons. The number of aryl methyl sites for hydroxylation is 2. The van der Waals surface area contributed by atoms with E-state index in [-0.39, 0.29) is 6.42 Å². The van der Waals surface area contributed by atoms with E-state index in [2.05, 4.69) is 27.0 Å². The standard InChI is InChI=1S/C13H14BrNO2/c1-8-9(4-3-7-12(16)17)10-5-2-6-11(14)13(10)15-8/h2,5-6,15H,3-4,7H2,1H3,(H,16,17). The average molecular weight is 296 g/mol. The van der Waals surface area contributed by atoms with Crippen LogP contribution in [0.3, 0.4) is 0 Å². The van der Waals surface area contributed by atoms with Crippen molar-refractivity contribution in [1.82, 2.24) is 4.98 Å². The van der Waals surface area contributed by atoms with Crippen LogP contribution in [0, 0.1) is 6.92 Å². The molecule has 0 aliphatic rings. The van der Waals surface area contributed by atoms with Crippen molar-refractivity contribution in [3.63, 3.8) is 0 Å². The maximum atomic E-state index is 10.5. The first-order valence-corrected chi connectivity index (χ1v) is 6.36. The highest BCUT2D eigenvalue weighted by Gasteiger charge is 2.10. The summed E-state index contributed by atoms with van der Waals surface area (Å²) in [7, 11) is 0. The van der Waals surface area contributed by atoms with Gasteiger partial charge in [-0.2, -0.15) is 0 Å². The minimum absolute atomic E-state index is 0.222. The van der Waals surface area contributed by atoms with Gasteiger partial charge in [0.1, 0.15) is 0 Å². The van der Waals surface area contributed by atoms with Crippen molar-refractivity contribution in [3.8, 4) is 0 Å². The molecule has 0 bridgehead atoms. The Hall–Kier alpha value is -1.29. The van der Waals surface area contributed by atoms with E-state index in [4.69, 9.17) is 5.11 Å². The Labute approximate surface area is 108 Å². The summed E-state index contributed by atoms with van der Waals surface area (Å²) < 4.78 is 1.04. The van der Waals surface area contributed by atoms with Crippen molar-refractivity contribution in [2.24, 2.45) is 0 Å². The third-order valence-corrected chi connectivity index (χ3v) is 3.58. The predicted molar refractivity (Wildman–Crippen MR) is 71.3 cm³/mol. The summed E-state index contributed by atoms with van der Waals surface area (Å²) in [4.78, 5) is 13.9. The quantitative estimate of drug-likeness (QED) is 0.905. The zero-order valence-electron chi connectivity index (χ0n) is 9.59. The highest BCUT2D eigenvalue weighted by Crippen LogP contribution is 2.29. The van der Waals surface area contributed by atoms with Crippen molar-refractivity contribution >= 4 is 32.8 Å². The molecule has 0 saturated carbocycles. The van der Waals surface area contributed by atoms with Gasteiger partial charge in [-0.3, -0.25) is 4.79 Å². The molecule has 0 saturated heterocycles. The van der Waals surface area contributed by atoms with Gasteiger partial charge in [-0.1, -0.05) is 12.1 Å². The van der Waals surface area contributed by atoms with E-state index in [1.807, 2.05) is 19.1 Å². The Balaban J connectivity index is 2.30. The van der Waals surface area contributed by atoms with Crippen LogP contribution in [0.15, 0.2) is 22.7 Å². The van der Waals surface area contributed by atoms with E-state index < -0.39 is 5.97 Å². The largest absolute Gasteiger partial charge is 0.481 e. The van der Waals surface area contributed by atoms with E-state index in [1.165, 1.54) is 10.9 Å². The molecule has 1 aromatic heterocycles. The molecular formula is C13H14BrNO2. The number of H-pyrrole nitrogens is 1. The molecule has 17 heavy (non-hydrogen) atoms. The average Bonchev–Trinajstić information content (AvgIpc) is 2.57. The monoisotopic (exact) mass is 295 g/mol. The van der Waals surface area contributed by atoms with Gasteiger partial charge in [0.25, 0.3) is 0 Å². The van der Waals surface area contributed by atoms with Crippen molar-refractivity contribution < 1.29 is 9.90 Å². The second-order valence-corrected chi connectivity index (χ2v) is 4.99. The molecule has 0 unspecified atom stereocenters. The van der Waals surface area contributed by atoms with Gasteiger partial charge < -0.3 is 10.1 Å². The molecule has 4 heteroatoms. The number of fused-ring (bicyclic) bond motifs is 1. The Bertz CT molecular complexity index is 560. The van der Waals surface area contributed by atoms with Gasteiger partial charge in [-0.05, 0) is 47.3 Å². The van der Waals surface area contributed by atoms with E-state index in [0.29, 0.717) is 6.42 Å². The second kappa shape index (κ2) is 4.92. The number of aromatic nitrogens is 1. The summed E-state index contributed by atoms with van der Waals surface area (Å²) >= 11 is 3.51. The smallest absolute Gasteiger partial charge is 0.303 e. The molecule has 1 heterocycles. The first-order chi connectivity index (χ1) is 8.09. The lowest BCUT2D eigenvalue weighted by atomic mass is 10.0. The van der Waals surface area contributed by atoms with E-state index in [0.717, 1.165) is 22.1 Å². The number of nitrogens with one attached hydrogen (secondary N) is 1. The summed E-state index contributed by atoms with van der Waals surface area (Å²) in [6.07, 6.45) is 1.70. The maximum absolute atomic E-state index is 10.5. The Kier molecular flexibility index (Phi) is 3.52. The number of carboxylic acid groups (broad SMARTS) is 1. The minimum atomic E-state index is -0.733. The number of rotatable bonds is 4. The van der Waals surface area contributed by atoms with Crippen LogP contribution in [0.1, 0.15) is 24.1 Å². The molecular weight excluding hydrogens is 282 g/mol. The first kappa shape index (κ1) is 12.2. The molecule has 90 valence electrons. The summed E-state index contributed by atoms with van der Waals surface area (Å²) in [5, 5.41) is 9.84. The van der Waals surface area contributed by atoms with Crippen molar-refractivity contribution in [3.05, 3.63) is 33.9 Å². The zero-order valence-corrected chi connectivity index (χ0v) is 11.2. The van der Waals surface area contributed by atoms with Gasteiger partial charge in [0.2, 0.25) is 0 Å². The fourth-order valence-electron chi connectivity index (χ4n) is 2.11. The fourth-order valence-corrected chi connectivity index (χ4v) is 2.57. The molecule has 0 amide bonds. The SMILES string of the molecule is Cc1[nH]c2c(Br)cccc2c1CCCC(=O)O. The Morgan fingerprint density at radius 1 is 1.47 bits per heavy atom. The van der Waals surface area contributed by atoms with Crippen LogP contribution < -0.4 is 0 Å².